The number of thioether (sulfide) groups is 1. The fraction of sp³-hybridized carbons (Fsp3) is 0.333. The Bertz CT molecular complexity index is 745. The van der Waals surface area contributed by atoms with Crippen molar-refractivity contribution >= 4 is 35.0 Å². The third-order valence-electron chi connectivity index (χ3n) is 3.91. The lowest BCUT2D eigenvalue weighted by Gasteiger charge is -2.13. The van der Waals surface area contributed by atoms with Gasteiger partial charge in [0.1, 0.15) is 5.75 Å². The van der Waals surface area contributed by atoms with E-state index in [9.17, 15) is 9.59 Å². The molecule has 2 amide bonds. The molecule has 0 saturated carbocycles. The lowest BCUT2D eigenvalue weighted by molar-refractivity contribution is -0.115. The minimum absolute atomic E-state index is 0.120. The molecule has 1 unspecified atom stereocenters. The highest BCUT2D eigenvalue weighted by molar-refractivity contribution is 8.01. The quantitative estimate of drug-likeness (QED) is 0.672. The monoisotopic (exact) mass is 386 g/mol. The highest BCUT2D eigenvalue weighted by atomic mass is 32.2. The summed E-state index contributed by atoms with van der Waals surface area (Å²) in [6.45, 7) is 6.40. The van der Waals surface area contributed by atoms with Crippen LogP contribution in [0, 0.1) is 0 Å². The van der Waals surface area contributed by atoms with Crippen molar-refractivity contribution < 1.29 is 14.3 Å². The summed E-state index contributed by atoms with van der Waals surface area (Å²) in [5.74, 6) is 0.726. The summed E-state index contributed by atoms with van der Waals surface area (Å²) in [4.78, 5) is 24.3. The summed E-state index contributed by atoms with van der Waals surface area (Å²) < 4.78 is 5.38. The zero-order valence-electron chi connectivity index (χ0n) is 16.0. The molecule has 6 heteroatoms. The van der Waals surface area contributed by atoms with E-state index in [0.717, 1.165) is 17.9 Å². The van der Waals surface area contributed by atoms with Crippen molar-refractivity contribution in [2.24, 2.45) is 0 Å². The Morgan fingerprint density at radius 3 is 2.15 bits per heavy atom. The van der Waals surface area contributed by atoms with Gasteiger partial charge in [-0.05, 0) is 62.2 Å². The van der Waals surface area contributed by atoms with Crippen LogP contribution in [0.5, 0.6) is 5.75 Å². The average Bonchev–Trinajstić information content (AvgIpc) is 2.68. The van der Waals surface area contributed by atoms with E-state index in [2.05, 4.69) is 17.6 Å². The molecule has 0 heterocycles. The van der Waals surface area contributed by atoms with Crippen molar-refractivity contribution in [2.75, 3.05) is 23.0 Å². The molecule has 0 aliphatic rings. The van der Waals surface area contributed by atoms with E-state index >= 15 is 0 Å². The zero-order chi connectivity index (χ0) is 19.6. The lowest BCUT2D eigenvalue weighted by atomic mass is 10.1. The first-order valence-electron chi connectivity index (χ1n) is 9.06. The third kappa shape index (κ3) is 6.98. The smallest absolute Gasteiger partial charge is 0.237 e. The molecule has 5 nitrogen and oxygen atoms in total. The maximum atomic E-state index is 12.3. The molecule has 2 rings (SSSR count). The highest BCUT2D eigenvalue weighted by Crippen LogP contribution is 2.18. The fourth-order valence-electron chi connectivity index (χ4n) is 2.34. The van der Waals surface area contributed by atoms with Gasteiger partial charge in [0.2, 0.25) is 11.8 Å². The summed E-state index contributed by atoms with van der Waals surface area (Å²) in [5, 5.41) is 5.36. The van der Waals surface area contributed by atoms with Crippen LogP contribution in [-0.2, 0) is 16.0 Å². The minimum Gasteiger partial charge on any atom is -0.494 e. The number of ether oxygens (including phenoxy) is 1. The second-order valence-electron chi connectivity index (χ2n) is 6.00. The van der Waals surface area contributed by atoms with Gasteiger partial charge in [-0.1, -0.05) is 19.1 Å². The number of anilines is 2. The second kappa shape index (κ2) is 10.6. The number of rotatable bonds is 9. The Labute approximate surface area is 164 Å². The molecular formula is C21H26N2O3S. The standard InChI is InChI=1S/C21H26N2O3S/c1-4-16-6-8-17(9-7-16)22-20(24)14-27-15(3)21(25)23-18-10-12-19(13-11-18)26-5-2/h6-13,15H,4-5,14H2,1-3H3,(H,22,24)(H,23,25). The molecule has 144 valence electrons. The van der Waals surface area contributed by atoms with Crippen LogP contribution >= 0.6 is 11.8 Å². The van der Waals surface area contributed by atoms with Crippen molar-refractivity contribution in [1.29, 1.82) is 0 Å². The Balaban J connectivity index is 1.76. The van der Waals surface area contributed by atoms with E-state index in [1.165, 1.54) is 17.3 Å². The maximum Gasteiger partial charge on any atom is 0.237 e. The summed E-state index contributed by atoms with van der Waals surface area (Å²) in [7, 11) is 0. The molecule has 0 aliphatic heterocycles. The Kier molecular flexibility index (Phi) is 8.20. The van der Waals surface area contributed by atoms with E-state index in [-0.39, 0.29) is 22.8 Å². The molecule has 0 aliphatic carbocycles. The summed E-state index contributed by atoms with van der Waals surface area (Å²) >= 11 is 1.30. The van der Waals surface area contributed by atoms with E-state index < -0.39 is 0 Å². The van der Waals surface area contributed by atoms with E-state index in [1.807, 2.05) is 43.3 Å². The molecule has 27 heavy (non-hydrogen) atoms. The number of benzene rings is 2. The minimum atomic E-state index is -0.343. The van der Waals surface area contributed by atoms with Crippen molar-refractivity contribution in [3.8, 4) is 5.75 Å². The zero-order valence-corrected chi connectivity index (χ0v) is 16.8. The SMILES string of the molecule is CCOc1ccc(NC(=O)C(C)SCC(=O)Nc2ccc(CC)cc2)cc1. The first-order chi connectivity index (χ1) is 13.0. The molecule has 0 radical (unpaired) electrons. The molecule has 0 spiro atoms. The number of hydrogen-bond donors (Lipinski definition) is 2. The van der Waals surface area contributed by atoms with E-state index in [1.54, 1.807) is 19.1 Å². The van der Waals surface area contributed by atoms with Crippen LogP contribution in [0.15, 0.2) is 48.5 Å². The van der Waals surface area contributed by atoms with Gasteiger partial charge in [0, 0.05) is 11.4 Å². The van der Waals surface area contributed by atoms with E-state index in [0.29, 0.717) is 12.3 Å². The summed E-state index contributed by atoms with van der Waals surface area (Å²) in [5.41, 5.74) is 2.70. The number of amides is 2. The van der Waals surface area contributed by atoms with Gasteiger partial charge in [-0.25, -0.2) is 0 Å². The third-order valence-corrected chi connectivity index (χ3v) is 5.06. The molecule has 1 atom stereocenters. The number of aryl methyl sites for hydroxylation is 1. The van der Waals surface area contributed by atoms with Crippen molar-refractivity contribution in [3.05, 3.63) is 54.1 Å². The van der Waals surface area contributed by atoms with Crippen LogP contribution < -0.4 is 15.4 Å². The van der Waals surface area contributed by atoms with Gasteiger partial charge in [-0.3, -0.25) is 9.59 Å². The molecule has 2 N–H and O–H groups in total. The number of carbonyl (C=O) groups is 2. The van der Waals surface area contributed by atoms with Crippen LogP contribution in [0.3, 0.4) is 0 Å². The molecular weight excluding hydrogens is 360 g/mol. The van der Waals surface area contributed by atoms with Gasteiger partial charge in [-0.15, -0.1) is 11.8 Å². The molecule has 0 bridgehead atoms. The Morgan fingerprint density at radius 1 is 0.963 bits per heavy atom. The van der Waals surface area contributed by atoms with Crippen molar-refractivity contribution in [2.45, 2.75) is 32.4 Å². The lowest BCUT2D eigenvalue weighted by Crippen LogP contribution is -2.25. The van der Waals surface area contributed by atoms with Crippen molar-refractivity contribution in [3.63, 3.8) is 0 Å². The van der Waals surface area contributed by atoms with Gasteiger partial charge >= 0.3 is 0 Å². The highest BCUT2D eigenvalue weighted by Gasteiger charge is 2.15. The predicted octanol–water partition coefficient (Wildman–Crippen LogP) is 4.35. The van der Waals surface area contributed by atoms with Crippen LogP contribution in [0.2, 0.25) is 0 Å². The average molecular weight is 387 g/mol. The molecule has 0 fully saturated rings. The first-order valence-corrected chi connectivity index (χ1v) is 10.1. The molecule has 2 aromatic rings. The number of hydrogen-bond acceptors (Lipinski definition) is 4. The molecule has 0 aromatic heterocycles. The fourth-order valence-corrected chi connectivity index (χ4v) is 3.03. The Morgan fingerprint density at radius 2 is 1.56 bits per heavy atom. The van der Waals surface area contributed by atoms with Crippen LogP contribution in [0.25, 0.3) is 0 Å². The molecule has 2 aromatic carbocycles. The topological polar surface area (TPSA) is 67.4 Å². The number of carbonyl (C=O) groups excluding carboxylic acids is 2. The summed E-state index contributed by atoms with van der Waals surface area (Å²) in [6, 6.07) is 15.0. The van der Waals surface area contributed by atoms with Crippen LogP contribution in [0.4, 0.5) is 11.4 Å². The van der Waals surface area contributed by atoms with Gasteiger partial charge < -0.3 is 15.4 Å². The van der Waals surface area contributed by atoms with Crippen molar-refractivity contribution in [1.82, 2.24) is 0 Å². The first kappa shape index (κ1) is 20.8. The number of nitrogens with one attached hydrogen (secondary N) is 2. The van der Waals surface area contributed by atoms with Crippen LogP contribution in [-0.4, -0.2) is 29.4 Å². The van der Waals surface area contributed by atoms with Gasteiger partial charge in [0.15, 0.2) is 0 Å². The Hall–Kier alpha value is -2.47. The van der Waals surface area contributed by atoms with E-state index in [4.69, 9.17) is 4.74 Å². The van der Waals surface area contributed by atoms with Crippen LogP contribution in [0.1, 0.15) is 26.3 Å². The van der Waals surface area contributed by atoms with Gasteiger partial charge in [0.05, 0.1) is 17.6 Å². The second-order valence-corrected chi connectivity index (χ2v) is 7.33. The normalized spacial score (nSPS) is 11.5. The van der Waals surface area contributed by atoms with Gasteiger partial charge in [-0.2, -0.15) is 0 Å². The summed E-state index contributed by atoms with van der Waals surface area (Å²) in [6.07, 6.45) is 0.963. The largest absolute Gasteiger partial charge is 0.494 e. The molecule has 0 saturated heterocycles. The predicted molar refractivity (Wildman–Crippen MR) is 113 cm³/mol. The maximum absolute atomic E-state index is 12.3. The van der Waals surface area contributed by atoms with Gasteiger partial charge in [0.25, 0.3) is 0 Å².